The van der Waals surface area contributed by atoms with Gasteiger partial charge in [0.2, 0.25) is 11.8 Å². The summed E-state index contributed by atoms with van der Waals surface area (Å²) in [5.74, 6) is -0.761. The monoisotopic (exact) mass is 583 g/mol. The van der Waals surface area contributed by atoms with Crippen LogP contribution in [-0.2, 0) is 26.2 Å². The second-order valence-electron chi connectivity index (χ2n) is 9.95. The van der Waals surface area contributed by atoms with Crippen LogP contribution in [0.2, 0.25) is 5.02 Å². The molecule has 3 aromatic rings. The van der Waals surface area contributed by atoms with Gasteiger partial charge < -0.3 is 10.2 Å². The predicted octanol–water partition coefficient (Wildman–Crippen LogP) is 5.87. The van der Waals surface area contributed by atoms with Crippen molar-refractivity contribution < 1.29 is 18.0 Å². The molecule has 2 atom stereocenters. The molecule has 0 aliphatic rings. The molecule has 1 N–H and O–H groups in total. The first kappa shape index (κ1) is 31.2. The molecule has 0 aliphatic carbocycles. The summed E-state index contributed by atoms with van der Waals surface area (Å²) in [7, 11) is -4.15. The molecule has 0 radical (unpaired) electrons. The molecule has 0 fully saturated rings. The Morgan fingerprint density at radius 3 is 2.17 bits per heavy atom. The number of sulfonamides is 1. The van der Waals surface area contributed by atoms with E-state index in [1.165, 1.54) is 17.0 Å². The Balaban J connectivity index is 2.10. The molecule has 0 heterocycles. The SMILES string of the molecule is CC[C@H](C(=O)N[C@@H](C)CC)N(Cc1ccccc1C)C(=O)CN(c1cc(Cl)ccc1C)S(=O)(=O)c1ccccc1. The maximum absolute atomic E-state index is 14.2. The Kier molecular flexibility index (Phi) is 10.8. The van der Waals surface area contributed by atoms with Gasteiger partial charge in [-0.25, -0.2) is 8.42 Å². The summed E-state index contributed by atoms with van der Waals surface area (Å²) in [5, 5.41) is 3.34. The average molecular weight is 584 g/mol. The van der Waals surface area contributed by atoms with Crippen molar-refractivity contribution in [2.75, 3.05) is 10.8 Å². The number of carbonyl (C=O) groups excluding carboxylic acids is 2. The topological polar surface area (TPSA) is 86.8 Å². The van der Waals surface area contributed by atoms with Crippen molar-refractivity contribution in [3.05, 3.63) is 94.5 Å². The number of nitrogens with zero attached hydrogens (tertiary/aromatic N) is 2. The highest BCUT2D eigenvalue weighted by Gasteiger charge is 2.34. The highest BCUT2D eigenvalue weighted by molar-refractivity contribution is 7.92. The summed E-state index contributed by atoms with van der Waals surface area (Å²) in [5.41, 5.74) is 2.79. The van der Waals surface area contributed by atoms with E-state index in [2.05, 4.69) is 5.32 Å². The fourth-order valence-corrected chi connectivity index (χ4v) is 6.07. The third-order valence-electron chi connectivity index (χ3n) is 7.04. The lowest BCUT2D eigenvalue weighted by molar-refractivity contribution is -0.140. The van der Waals surface area contributed by atoms with Crippen LogP contribution in [0.15, 0.2) is 77.7 Å². The molecule has 9 heteroatoms. The van der Waals surface area contributed by atoms with Crippen molar-refractivity contribution in [3.63, 3.8) is 0 Å². The van der Waals surface area contributed by atoms with Crippen LogP contribution in [0, 0.1) is 13.8 Å². The smallest absolute Gasteiger partial charge is 0.264 e. The minimum atomic E-state index is -4.15. The largest absolute Gasteiger partial charge is 0.352 e. The Morgan fingerprint density at radius 1 is 0.900 bits per heavy atom. The van der Waals surface area contributed by atoms with Gasteiger partial charge in [-0.3, -0.25) is 13.9 Å². The molecule has 0 aliphatic heterocycles. The Labute approximate surface area is 243 Å². The number of anilines is 1. The van der Waals surface area contributed by atoms with Crippen molar-refractivity contribution in [3.8, 4) is 0 Å². The molecule has 214 valence electrons. The standard InChI is InChI=1S/C31H38ClN3O4S/c1-6-24(5)33-31(37)28(7-2)34(20-25-14-12-11-13-22(25)3)30(36)21-35(29-19-26(32)18-17-23(29)4)40(38,39)27-15-9-8-10-16-27/h8-19,24,28H,6-7,20-21H2,1-5H3,(H,33,37)/t24-,28+/m0/s1. The highest BCUT2D eigenvalue weighted by Crippen LogP contribution is 2.30. The molecule has 0 unspecified atom stereocenters. The lowest BCUT2D eigenvalue weighted by Gasteiger charge is -2.34. The molecular weight excluding hydrogens is 546 g/mol. The molecule has 0 spiro atoms. The van der Waals surface area contributed by atoms with Crippen molar-refractivity contribution >= 4 is 39.1 Å². The van der Waals surface area contributed by atoms with Gasteiger partial charge in [0, 0.05) is 17.6 Å². The van der Waals surface area contributed by atoms with Crippen LogP contribution < -0.4 is 9.62 Å². The highest BCUT2D eigenvalue weighted by atomic mass is 35.5. The van der Waals surface area contributed by atoms with Crippen LogP contribution in [0.1, 0.15) is 50.3 Å². The number of amides is 2. The zero-order valence-electron chi connectivity index (χ0n) is 23.7. The zero-order chi connectivity index (χ0) is 29.4. The van der Waals surface area contributed by atoms with Crippen molar-refractivity contribution in [1.29, 1.82) is 0 Å². The van der Waals surface area contributed by atoms with E-state index >= 15 is 0 Å². The van der Waals surface area contributed by atoms with Crippen molar-refractivity contribution in [1.82, 2.24) is 10.2 Å². The molecule has 0 bridgehead atoms. The fraction of sp³-hybridized carbons (Fsp3) is 0.355. The number of carbonyl (C=O) groups is 2. The predicted molar refractivity (Wildman–Crippen MR) is 161 cm³/mol. The fourth-order valence-electron chi connectivity index (χ4n) is 4.42. The number of rotatable bonds is 12. The van der Waals surface area contributed by atoms with Crippen LogP contribution in [0.3, 0.4) is 0 Å². The average Bonchev–Trinajstić information content (AvgIpc) is 2.94. The Bertz CT molecular complexity index is 1430. The summed E-state index contributed by atoms with van der Waals surface area (Å²) in [4.78, 5) is 29.1. The van der Waals surface area contributed by atoms with Gasteiger partial charge in [0.15, 0.2) is 0 Å². The second-order valence-corrected chi connectivity index (χ2v) is 12.2. The molecular formula is C31H38ClN3O4S. The summed E-state index contributed by atoms with van der Waals surface area (Å²) >= 11 is 6.29. The number of hydrogen-bond acceptors (Lipinski definition) is 4. The van der Waals surface area contributed by atoms with Crippen LogP contribution in [0.4, 0.5) is 5.69 Å². The van der Waals surface area contributed by atoms with Crippen LogP contribution in [0.25, 0.3) is 0 Å². The van der Waals surface area contributed by atoms with Crippen LogP contribution in [-0.4, -0.2) is 43.8 Å². The second kappa shape index (κ2) is 13.8. The molecule has 3 aromatic carbocycles. The first-order valence-corrected chi connectivity index (χ1v) is 15.3. The van der Waals surface area contributed by atoms with Gasteiger partial charge in [-0.15, -0.1) is 0 Å². The van der Waals surface area contributed by atoms with Crippen molar-refractivity contribution in [2.45, 2.75) is 71.0 Å². The van der Waals surface area contributed by atoms with E-state index in [-0.39, 0.29) is 23.4 Å². The first-order valence-electron chi connectivity index (χ1n) is 13.5. The third kappa shape index (κ3) is 7.43. The number of nitrogens with one attached hydrogen (secondary N) is 1. The van der Waals surface area contributed by atoms with Crippen LogP contribution >= 0.6 is 11.6 Å². The normalized spacial score (nSPS) is 12.8. The van der Waals surface area contributed by atoms with Gasteiger partial charge in [-0.1, -0.05) is 74.0 Å². The number of benzene rings is 3. The minimum Gasteiger partial charge on any atom is -0.352 e. The minimum absolute atomic E-state index is 0.0502. The molecule has 0 aromatic heterocycles. The molecule has 40 heavy (non-hydrogen) atoms. The Hall–Kier alpha value is -3.36. The van der Waals surface area contributed by atoms with E-state index < -0.39 is 28.5 Å². The lowest BCUT2D eigenvalue weighted by atomic mass is 10.1. The van der Waals surface area contributed by atoms with E-state index in [0.29, 0.717) is 22.7 Å². The summed E-state index contributed by atoms with van der Waals surface area (Å²) in [6.45, 7) is 9.10. The van der Waals surface area contributed by atoms with E-state index in [4.69, 9.17) is 11.6 Å². The molecule has 0 saturated heterocycles. The van der Waals surface area contributed by atoms with Gasteiger partial charge in [0.1, 0.15) is 12.6 Å². The van der Waals surface area contributed by atoms with Gasteiger partial charge >= 0.3 is 0 Å². The zero-order valence-corrected chi connectivity index (χ0v) is 25.3. The summed E-state index contributed by atoms with van der Waals surface area (Å²) in [6, 6.07) is 19.7. The molecule has 0 saturated carbocycles. The summed E-state index contributed by atoms with van der Waals surface area (Å²) in [6.07, 6.45) is 1.10. The Morgan fingerprint density at radius 2 is 1.55 bits per heavy atom. The van der Waals surface area contributed by atoms with E-state index in [1.807, 2.05) is 52.0 Å². The van der Waals surface area contributed by atoms with E-state index in [9.17, 15) is 18.0 Å². The van der Waals surface area contributed by atoms with Crippen LogP contribution in [0.5, 0.6) is 0 Å². The van der Waals surface area contributed by atoms with Gasteiger partial charge in [-0.2, -0.15) is 0 Å². The van der Waals surface area contributed by atoms with Gasteiger partial charge in [0.25, 0.3) is 10.0 Å². The number of aryl methyl sites for hydroxylation is 2. The number of hydrogen-bond donors (Lipinski definition) is 1. The van der Waals surface area contributed by atoms with Gasteiger partial charge in [-0.05, 0) is 74.6 Å². The number of halogens is 1. The first-order chi connectivity index (χ1) is 19.0. The summed E-state index contributed by atoms with van der Waals surface area (Å²) < 4.78 is 29.0. The quantitative estimate of drug-likeness (QED) is 0.289. The van der Waals surface area contributed by atoms with Gasteiger partial charge in [0.05, 0.1) is 10.6 Å². The third-order valence-corrected chi connectivity index (χ3v) is 9.05. The molecule has 2 amide bonds. The molecule has 7 nitrogen and oxygen atoms in total. The lowest BCUT2D eigenvalue weighted by Crippen LogP contribution is -2.53. The van der Waals surface area contributed by atoms with E-state index in [1.54, 1.807) is 43.3 Å². The van der Waals surface area contributed by atoms with E-state index in [0.717, 1.165) is 21.9 Å². The maximum atomic E-state index is 14.2. The molecule has 3 rings (SSSR count). The van der Waals surface area contributed by atoms with Crippen molar-refractivity contribution in [2.24, 2.45) is 0 Å². The maximum Gasteiger partial charge on any atom is 0.264 e.